The summed E-state index contributed by atoms with van der Waals surface area (Å²) in [5, 5.41) is 12.7. The predicted molar refractivity (Wildman–Crippen MR) is 300 cm³/mol. The summed E-state index contributed by atoms with van der Waals surface area (Å²) >= 11 is 0. The molecule has 10 rings (SSSR count). The average Bonchev–Trinajstić information content (AvgIpc) is 1.95. The van der Waals surface area contributed by atoms with Crippen LogP contribution in [0.4, 0.5) is 9.59 Å². The van der Waals surface area contributed by atoms with Crippen molar-refractivity contribution in [1.29, 1.82) is 0 Å². The van der Waals surface area contributed by atoms with Gasteiger partial charge in [0.2, 0.25) is 23.1 Å². The van der Waals surface area contributed by atoms with Gasteiger partial charge in [-0.15, -0.1) is 0 Å². The summed E-state index contributed by atoms with van der Waals surface area (Å²) in [5.41, 5.74) is 6.81. The van der Waals surface area contributed by atoms with Gasteiger partial charge in [-0.05, 0) is 83.6 Å². The number of furan rings is 2. The van der Waals surface area contributed by atoms with Gasteiger partial charge in [-0.3, -0.25) is 43.4 Å². The molecule has 0 aliphatic heterocycles. The molecular weight excluding hydrogens is 1050 g/mol. The van der Waals surface area contributed by atoms with Gasteiger partial charge in [0.15, 0.2) is 0 Å². The van der Waals surface area contributed by atoms with Crippen LogP contribution < -0.4 is 0 Å². The van der Waals surface area contributed by atoms with Crippen LogP contribution in [0.1, 0.15) is 107 Å². The van der Waals surface area contributed by atoms with E-state index in [2.05, 4.69) is 4.74 Å². The summed E-state index contributed by atoms with van der Waals surface area (Å²) in [7, 11) is 0. The Balaban J connectivity index is 0.000000193. The number of aryl methyl sites for hydroxylation is 2. The van der Waals surface area contributed by atoms with Crippen molar-refractivity contribution < 1.29 is 76.0 Å². The Morgan fingerprint density at radius 3 is 1.23 bits per heavy atom. The van der Waals surface area contributed by atoms with Crippen molar-refractivity contribution in [3.8, 4) is 22.6 Å². The molecule has 8 aromatic rings. The van der Waals surface area contributed by atoms with Gasteiger partial charge in [-0.1, -0.05) is 109 Å². The van der Waals surface area contributed by atoms with Crippen LogP contribution in [0, 0.1) is 27.7 Å². The molecule has 2 amide bonds. The Labute approximate surface area is 471 Å². The van der Waals surface area contributed by atoms with Crippen LogP contribution in [0.5, 0.6) is 0 Å². The molecule has 18 heteroatoms. The Kier molecular flexibility index (Phi) is 18.2. The largest absolute Gasteiger partial charge is 0.464 e. The SMILES string of the molecule is CC(=O)OC(C)=O.CC(=O)OCCN(Cc1oc2c(c1C)C(=O)C(=O)c1c-2ccc2c(C)cccc12)C(=O)OCc1ccccc1.Cc1c(CN(CCO)C(=O)OCc2ccccc2)oc2c1C(=O)C(=O)c1c-2ccc2c(C)cccc12. The van der Waals surface area contributed by atoms with E-state index in [9.17, 15) is 48.3 Å². The number of aliphatic hydroxyl groups excluding tert-OH is 1. The molecule has 1 N–H and O–H groups in total. The monoisotopic (exact) mass is 1110 g/mol. The quantitative estimate of drug-likeness (QED) is 0.0488. The number of ether oxygens (including phenoxy) is 4. The van der Waals surface area contributed by atoms with Gasteiger partial charge in [0.1, 0.15) is 42.9 Å². The van der Waals surface area contributed by atoms with E-state index in [1.54, 1.807) is 26.0 Å². The van der Waals surface area contributed by atoms with Gasteiger partial charge < -0.3 is 32.9 Å². The van der Waals surface area contributed by atoms with Gasteiger partial charge in [-0.25, -0.2) is 9.59 Å². The van der Waals surface area contributed by atoms with Crippen molar-refractivity contribution in [1.82, 2.24) is 9.80 Å². The Bertz CT molecular complexity index is 3820. The lowest BCUT2D eigenvalue weighted by Gasteiger charge is -2.21. The van der Waals surface area contributed by atoms with Crippen LogP contribution in [0.25, 0.3) is 44.2 Å². The van der Waals surface area contributed by atoms with Gasteiger partial charge in [0.25, 0.3) is 0 Å². The van der Waals surface area contributed by atoms with Gasteiger partial charge >= 0.3 is 30.1 Å². The van der Waals surface area contributed by atoms with Gasteiger partial charge in [0.05, 0.1) is 37.4 Å². The Morgan fingerprint density at radius 1 is 0.451 bits per heavy atom. The lowest BCUT2D eigenvalue weighted by molar-refractivity contribution is -0.156. The third-order valence-electron chi connectivity index (χ3n) is 13.8. The zero-order chi connectivity index (χ0) is 58.9. The van der Waals surface area contributed by atoms with E-state index < -0.39 is 53.2 Å². The number of ketones is 4. The van der Waals surface area contributed by atoms with Crippen molar-refractivity contribution >= 4 is 74.8 Å². The minimum Gasteiger partial charge on any atom is -0.464 e. The molecule has 0 fully saturated rings. The van der Waals surface area contributed by atoms with Crippen LogP contribution in [-0.4, -0.2) is 94.4 Å². The number of benzene rings is 6. The fourth-order valence-corrected chi connectivity index (χ4v) is 9.76. The van der Waals surface area contributed by atoms with E-state index in [4.69, 9.17) is 23.0 Å². The standard InChI is InChI=1S/C31H27NO7.C29H25NO6.C4H6O3/c1-18-8-7-11-23-22(18)12-13-24-27(23)29(35)28(34)26-19(2)25(39-30(24)26)16-32(14-15-37-20(3)33)31(36)38-17-21-9-5-4-6-10-21;1-17-7-6-10-21-20(17)11-12-22-25(21)27(33)26(32)24-18(2)23(36-28(22)24)15-30(13-14-31)29(34)35-16-19-8-4-3-5-9-19;1-3(5)7-4(2)6/h4-13H,14-17H2,1-3H3;3-12,31H,13-16H2,1-2H3;1-2H3. The molecule has 0 saturated carbocycles. The first-order valence-corrected chi connectivity index (χ1v) is 26.1. The van der Waals surface area contributed by atoms with Crippen LogP contribution in [-0.2, 0) is 59.6 Å². The summed E-state index contributed by atoms with van der Waals surface area (Å²) < 4.78 is 32.3. The van der Waals surface area contributed by atoms with Gasteiger partial charge in [0, 0.05) is 60.7 Å². The van der Waals surface area contributed by atoms with Gasteiger partial charge in [-0.2, -0.15) is 0 Å². The molecular formula is C64H58N2O16. The highest BCUT2D eigenvalue weighted by Crippen LogP contribution is 2.44. The van der Waals surface area contributed by atoms with E-state index >= 15 is 0 Å². The summed E-state index contributed by atoms with van der Waals surface area (Å²) in [4.78, 5) is 112. The van der Waals surface area contributed by atoms with Crippen molar-refractivity contribution in [2.24, 2.45) is 0 Å². The smallest absolute Gasteiger partial charge is 0.410 e. The molecule has 82 heavy (non-hydrogen) atoms. The number of carbonyl (C=O) groups excluding carboxylic acids is 9. The fourth-order valence-electron chi connectivity index (χ4n) is 9.76. The molecule has 2 aliphatic rings. The van der Waals surface area contributed by atoms with E-state index in [0.717, 1.165) is 33.0 Å². The van der Waals surface area contributed by atoms with Crippen molar-refractivity contribution in [2.75, 3.05) is 26.3 Å². The zero-order valence-corrected chi connectivity index (χ0v) is 46.2. The molecule has 18 nitrogen and oxygen atoms in total. The number of esters is 3. The number of hydrogen-bond acceptors (Lipinski definition) is 16. The maximum Gasteiger partial charge on any atom is 0.410 e. The molecule has 6 aromatic carbocycles. The molecule has 0 bridgehead atoms. The summed E-state index contributed by atoms with van der Waals surface area (Å²) in [6, 6.07) is 37.2. The summed E-state index contributed by atoms with van der Waals surface area (Å²) in [6.45, 7) is 10.8. The first-order chi connectivity index (χ1) is 39.3. The lowest BCUT2D eigenvalue weighted by atomic mass is 9.83. The molecule has 420 valence electrons. The maximum absolute atomic E-state index is 13.3. The second-order valence-corrected chi connectivity index (χ2v) is 19.4. The van der Waals surface area contributed by atoms with Crippen LogP contribution in [0.15, 0.2) is 130 Å². The van der Waals surface area contributed by atoms with E-state index in [-0.39, 0.29) is 63.7 Å². The molecule has 0 unspecified atom stereocenters. The Hall–Kier alpha value is -9.81. The van der Waals surface area contributed by atoms with Crippen molar-refractivity contribution in [3.63, 3.8) is 0 Å². The summed E-state index contributed by atoms with van der Waals surface area (Å²) in [5.74, 6) is -2.68. The van der Waals surface area contributed by atoms with Crippen molar-refractivity contribution in [2.45, 2.75) is 74.8 Å². The first-order valence-electron chi connectivity index (χ1n) is 26.1. The minimum absolute atomic E-state index is 0.0174. The normalized spacial score (nSPS) is 11.9. The maximum atomic E-state index is 13.3. The topological polar surface area (TPSA) is 244 Å². The number of rotatable bonds is 13. The molecule has 0 radical (unpaired) electrons. The highest BCUT2D eigenvalue weighted by Gasteiger charge is 2.40. The molecule has 2 aromatic heterocycles. The van der Waals surface area contributed by atoms with Crippen LogP contribution in [0.2, 0.25) is 0 Å². The van der Waals surface area contributed by atoms with E-state index in [0.29, 0.717) is 67.2 Å². The highest BCUT2D eigenvalue weighted by atomic mass is 16.6. The number of fused-ring (bicyclic) bond motifs is 10. The van der Waals surface area contributed by atoms with Crippen molar-refractivity contribution in [3.05, 3.63) is 188 Å². The van der Waals surface area contributed by atoms with Crippen LogP contribution in [0.3, 0.4) is 0 Å². The molecule has 0 atom stereocenters. The number of amides is 2. The number of carbonyl (C=O) groups is 9. The van der Waals surface area contributed by atoms with E-state index in [1.807, 2.05) is 123 Å². The molecule has 0 saturated heterocycles. The Morgan fingerprint density at radius 2 is 0.854 bits per heavy atom. The number of hydrogen-bond donors (Lipinski definition) is 1. The molecule has 2 heterocycles. The second kappa shape index (κ2) is 25.5. The molecule has 2 aliphatic carbocycles. The molecule has 0 spiro atoms. The number of nitrogens with zero attached hydrogens (tertiary/aromatic N) is 2. The number of Topliss-reactive ketones (excluding diaryl/α,β-unsaturated/α-hetero) is 4. The second-order valence-electron chi connectivity index (χ2n) is 19.4. The third-order valence-corrected chi connectivity index (χ3v) is 13.8. The fraction of sp³-hybridized carbons (Fsp3) is 0.234. The minimum atomic E-state index is -0.642. The highest BCUT2D eigenvalue weighted by molar-refractivity contribution is 6.55. The van der Waals surface area contributed by atoms with Crippen LogP contribution >= 0.6 is 0 Å². The lowest BCUT2D eigenvalue weighted by Crippen LogP contribution is -2.34. The van der Waals surface area contributed by atoms with E-state index in [1.165, 1.54) is 30.6 Å². The predicted octanol–water partition coefficient (Wildman–Crippen LogP) is 11.1. The zero-order valence-electron chi connectivity index (χ0n) is 46.2. The third kappa shape index (κ3) is 12.6. The number of aliphatic hydroxyl groups is 1. The summed E-state index contributed by atoms with van der Waals surface area (Å²) in [6.07, 6.45) is -1.25. The first kappa shape index (κ1) is 58.3. The average molecular weight is 1110 g/mol.